The highest BCUT2D eigenvalue weighted by Gasteiger charge is 2.27. The minimum Gasteiger partial charge on any atom is -0.369 e. The van der Waals surface area contributed by atoms with Gasteiger partial charge in [-0.1, -0.05) is 11.8 Å². The van der Waals surface area contributed by atoms with Gasteiger partial charge in [-0.3, -0.25) is 5.32 Å². The van der Waals surface area contributed by atoms with Gasteiger partial charge in [0.15, 0.2) is 0 Å². The Morgan fingerprint density at radius 2 is 1.91 bits per heavy atom. The van der Waals surface area contributed by atoms with Crippen LogP contribution in [0.4, 0.5) is 0 Å². The van der Waals surface area contributed by atoms with Crippen LogP contribution in [0.25, 0.3) is 0 Å². The molecule has 11 heavy (non-hydrogen) atoms. The van der Waals surface area contributed by atoms with Crippen molar-refractivity contribution in [1.29, 1.82) is 0 Å². The van der Waals surface area contributed by atoms with Crippen LogP contribution in [-0.2, 0) is 0 Å². The first-order chi connectivity index (χ1) is 5.06. The number of aliphatic imine (C=N–C) groups is 2. The molecule has 0 saturated carbocycles. The van der Waals surface area contributed by atoms with Gasteiger partial charge in [0, 0.05) is 0 Å². The number of hydrogen-bond donors (Lipinski definition) is 4. The summed E-state index contributed by atoms with van der Waals surface area (Å²) in [6, 6.07) is 0. The fourth-order valence-corrected chi connectivity index (χ4v) is 0.996. The molecule has 0 bridgehead atoms. The largest absolute Gasteiger partial charge is 0.369 e. The summed E-state index contributed by atoms with van der Waals surface area (Å²) in [6.45, 7) is 0. The molecule has 0 aromatic heterocycles. The predicted molar refractivity (Wildman–Crippen MR) is 44.8 cm³/mol. The summed E-state index contributed by atoms with van der Waals surface area (Å²) in [5, 5.41) is 10.3. The van der Waals surface area contributed by atoms with Crippen molar-refractivity contribution in [2.75, 3.05) is 6.26 Å². The topological polar surface area (TPSA) is 109 Å². The smallest absolute Gasteiger partial charge is 0.312 e. The van der Waals surface area contributed by atoms with Crippen LogP contribution >= 0.6 is 11.8 Å². The summed E-state index contributed by atoms with van der Waals surface area (Å²) in [6.07, 6.45) is 1.65. The Hall–Kier alpha value is -0.950. The Kier molecular flexibility index (Phi) is 1.92. The normalized spacial score (nSPS) is 21.6. The SMILES string of the molecule is CSC1(O)N=C(N)NC(N)=N1. The zero-order chi connectivity index (χ0) is 8.48. The highest BCUT2D eigenvalue weighted by molar-refractivity contribution is 7.99. The number of thioether (sulfide) groups is 1. The molecular formula is C4H9N5OS. The lowest BCUT2D eigenvalue weighted by molar-refractivity contribution is 0.156. The molecule has 0 aromatic carbocycles. The minimum atomic E-state index is -1.56. The van der Waals surface area contributed by atoms with E-state index < -0.39 is 5.18 Å². The molecule has 6 N–H and O–H groups in total. The molecule has 0 spiro atoms. The van der Waals surface area contributed by atoms with E-state index in [2.05, 4.69) is 15.3 Å². The number of nitrogens with zero attached hydrogens (tertiary/aromatic N) is 2. The molecule has 0 fully saturated rings. The van der Waals surface area contributed by atoms with E-state index in [1.165, 1.54) is 0 Å². The predicted octanol–water partition coefficient (Wildman–Crippen LogP) is -1.81. The second-order valence-electron chi connectivity index (χ2n) is 1.90. The van der Waals surface area contributed by atoms with Gasteiger partial charge in [0.1, 0.15) is 0 Å². The number of hydrogen-bond acceptors (Lipinski definition) is 7. The van der Waals surface area contributed by atoms with Crippen LogP contribution in [0.2, 0.25) is 0 Å². The van der Waals surface area contributed by atoms with Crippen molar-refractivity contribution in [3.8, 4) is 0 Å². The Morgan fingerprint density at radius 3 is 2.27 bits per heavy atom. The average molecular weight is 175 g/mol. The van der Waals surface area contributed by atoms with Crippen LogP contribution < -0.4 is 16.8 Å². The summed E-state index contributed by atoms with van der Waals surface area (Å²) in [4.78, 5) is 7.23. The van der Waals surface area contributed by atoms with Gasteiger partial charge in [-0.25, -0.2) is 0 Å². The Balaban J connectivity index is 2.89. The number of nitrogens with two attached hydrogens (primary N) is 2. The van der Waals surface area contributed by atoms with Crippen LogP contribution in [0.5, 0.6) is 0 Å². The molecule has 7 heteroatoms. The third-order valence-corrected chi connectivity index (χ3v) is 1.79. The van der Waals surface area contributed by atoms with Crippen LogP contribution in [-0.4, -0.2) is 28.5 Å². The monoisotopic (exact) mass is 175 g/mol. The first-order valence-electron chi connectivity index (χ1n) is 2.81. The van der Waals surface area contributed by atoms with Crippen molar-refractivity contribution < 1.29 is 5.11 Å². The maximum atomic E-state index is 9.41. The van der Waals surface area contributed by atoms with Crippen LogP contribution in [0.1, 0.15) is 0 Å². The van der Waals surface area contributed by atoms with Crippen LogP contribution in [0, 0.1) is 0 Å². The van der Waals surface area contributed by atoms with Crippen molar-refractivity contribution in [2.24, 2.45) is 21.5 Å². The van der Waals surface area contributed by atoms with Gasteiger partial charge in [0.2, 0.25) is 11.9 Å². The summed E-state index contributed by atoms with van der Waals surface area (Å²) in [5.74, 6) is 0.128. The fourth-order valence-electron chi connectivity index (χ4n) is 0.617. The maximum Gasteiger partial charge on any atom is 0.312 e. The van der Waals surface area contributed by atoms with Gasteiger partial charge < -0.3 is 16.6 Å². The third-order valence-electron chi connectivity index (χ3n) is 1.06. The average Bonchev–Trinajstić information content (AvgIpc) is 1.84. The van der Waals surface area contributed by atoms with Crippen LogP contribution in [0.3, 0.4) is 0 Å². The first-order valence-corrected chi connectivity index (χ1v) is 4.03. The number of nitrogens with one attached hydrogen (secondary N) is 1. The summed E-state index contributed by atoms with van der Waals surface area (Å²) in [7, 11) is 0. The van der Waals surface area contributed by atoms with Crippen LogP contribution in [0.15, 0.2) is 9.98 Å². The minimum absolute atomic E-state index is 0.0642. The molecule has 6 nitrogen and oxygen atoms in total. The summed E-state index contributed by atoms with van der Waals surface area (Å²) < 4.78 is 0. The lowest BCUT2D eigenvalue weighted by atomic mass is 10.7. The molecule has 1 rings (SSSR count). The Morgan fingerprint density at radius 1 is 1.45 bits per heavy atom. The molecule has 0 saturated heterocycles. The zero-order valence-electron chi connectivity index (χ0n) is 5.90. The van der Waals surface area contributed by atoms with Crippen molar-refractivity contribution in [2.45, 2.75) is 5.18 Å². The lowest BCUT2D eigenvalue weighted by Crippen LogP contribution is -2.48. The third kappa shape index (κ3) is 1.75. The number of rotatable bonds is 1. The molecule has 0 amide bonds. The summed E-state index contributed by atoms with van der Waals surface area (Å²) >= 11 is 1.04. The quantitative estimate of drug-likeness (QED) is 0.351. The van der Waals surface area contributed by atoms with Gasteiger partial charge in [-0.05, 0) is 6.26 Å². The van der Waals surface area contributed by atoms with Gasteiger partial charge >= 0.3 is 5.18 Å². The van der Waals surface area contributed by atoms with Crippen molar-refractivity contribution in [1.82, 2.24) is 5.32 Å². The number of guanidine groups is 2. The van der Waals surface area contributed by atoms with Gasteiger partial charge in [0.05, 0.1) is 0 Å². The van der Waals surface area contributed by atoms with Crippen molar-refractivity contribution in [3.63, 3.8) is 0 Å². The van der Waals surface area contributed by atoms with E-state index in [0.717, 1.165) is 11.8 Å². The van der Waals surface area contributed by atoms with E-state index in [1.807, 2.05) is 0 Å². The molecule has 1 aliphatic heterocycles. The molecule has 1 heterocycles. The molecule has 1 aliphatic rings. The second-order valence-corrected chi connectivity index (χ2v) is 2.85. The molecular weight excluding hydrogens is 166 g/mol. The molecule has 0 radical (unpaired) electrons. The lowest BCUT2D eigenvalue weighted by Gasteiger charge is -2.21. The van der Waals surface area contributed by atoms with Gasteiger partial charge in [-0.15, -0.1) is 0 Å². The zero-order valence-corrected chi connectivity index (χ0v) is 6.72. The molecule has 0 aliphatic carbocycles. The highest BCUT2D eigenvalue weighted by Crippen LogP contribution is 2.23. The first kappa shape index (κ1) is 8.15. The Bertz CT molecular complexity index is 207. The molecule has 0 aromatic rings. The number of aliphatic hydroxyl groups is 1. The van der Waals surface area contributed by atoms with Gasteiger partial charge in [-0.2, -0.15) is 9.98 Å². The van der Waals surface area contributed by atoms with E-state index in [4.69, 9.17) is 11.5 Å². The second kappa shape index (κ2) is 2.59. The maximum absolute atomic E-state index is 9.41. The van der Waals surface area contributed by atoms with Crippen molar-refractivity contribution >= 4 is 23.7 Å². The van der Waals surface area contributed by atoms with E-state index in [-0.39, 0.29) is 11.9 Å². The van der Waals surface area contributed by atoms with E-state index in [1.54, 1.807) is 6.26 Å². The van der Waals surface area contributed by atoms with E-state index in [0.29, 0.717) is 0 Å². The molecule has 0 unspecified atom stereocenters. The highest BCUT2D eigenvalue weighted by atomic mass is 32.2. The van der Waals surface area contributed by atoms with E-state index in [9.17, 15) is 5.11 Å². The van der Waals surface area contributed by atoms with Gasteiger partial charge in [0.25, 0.3) is 0 Å². The fraction of sp³-hybridized carbons (Fsp3) is 0.500. The summed E-state index contributed by atoms with van der Waals surface area (Å²) in [5.41, 5.74) is 10.6. The van der Waals surface area contributed by atoms with Crippen molar-refractivity contribution in [3.05, 3.63) is 0 Å². The standard InChI is InChI=1S/C4H9N5OS/c1-11-4(10)8-2(5)7-3(6)9-4/h10H,1H3,(H5,5,6,7,8,9). The molecule has 0 atom stereocenters. The molecule has 62 valence electrons. The van der Waals surface area contributed by atoms with E-state index >= 15 is 0 Å². The Labute approximate surface area is 67.8 Å².